The largest absolute Gasteiger partial charge is 0.480 e. The van der Waals surface area contributed by atoms with E-state index in [1.165, 1.54) is 0 Å². The molecule has 1 atom stereocenters. The smallest absolute Gasteiger partial charge is 0.416 e. The van der Waals surface area contributed by atoms with Crippen LogP contribution in [0.1, 0.15) is 43.4 Å². The van der Waals surface area contributed by atoms with Crippen molar-refractivity contribution in [3.8, 4) is 22.6 Å². The quantitative estimate of drug-likeness (QED) is 0.176. The Morgan fingerprint density at radius 1 is 1.06 bits per heavy atom. The van der Waals surface area contributed by atoms with Crippen molar-refractivity contribution in [3.05, 3.63) is 65.5 Å². The van der Waals surface area contributed by atoms with Crippen LogP contribution in [0.5, 0.6) is 0 Å². The van der Waals surface area contributed by atoms with Gasteiger partial charge in [0, 0.05) is 69.5 Å². The van der Waals surface area contributed by atoms with E-state index in [1.807, 2.05) is 36.2 Å². The highest BCUT2D eigenvalue weighted by Crippen LogP contribution is 2.43. The van der Waals surface area contributed by atoms with Crippen LogP contribution in [0.25, 0.3) is 33.8 Å². The van der Waals surface area contributed by atoms with Crippen LogP contribution in [0, 0.1) is 11.2 Å². The predicted octanol–water partition coefficient (Wildman–Crippen LogP) is 6.47. The molecule has 2 fully saturated rings. The van der Waals surface area contributed by atoms with Crippen LogP contribution in [0.2, 0.25) is 0 Å². The van der Waals surface area contributed by atoms with Gasteiger partial charge in [-0.05, 0) is 49.6 Å². The van der Waals surface area contributed by atoms with E-state index in [2.05, 4.69) is 26.7 Å². The number of hydrogen-bond acceptors (Lipinski definition) is 7. The molecule has 1 aliphatic heterocycles. The fourth-order valence-electron chi connectivity index (χ4n) is 7.01. The maximum absolute atomic E-state index is 14.5. The van der Waals surface area contributed by atoms with Crippen LogP contribution in [-0.4, -0.2) is 95.9 Å². The minimum atomic E-state index is -4.71. The Morgan fingerprint density at radius 3 is 2.38 bits per heavy atom. The number of H-pyrrole nitrogens is 1. The highest BCUT2D eigenvalue weighted by molar-refractivity contribution is 5.91. The summed E-state index contributed by atoms with van der Waals surface area (Å²) in [6.07, 6.45) is -1.61. The number of ether oxygens (including phenoxy) is 1. The topological polar surface area (TPSA) is 97.8 Å². The number of carboxylic acid groups (broad SMARTS) is 1. The zero-order valence-electron chi connectivity index (χ0n) is 27.3. The summed E-state index contributed by atoms with van der Waals surface area (Å²) in [7, 11) is 3.61. The van der Waals surface area contributed by atoms with Gasteiger partial charge >= 0.3 is 12.1 Å². The normalized spacial score (nSPS) is 17.7. The Bertz CT molecular complexity index is 1760. The average Bonchev–Trinajstić information content (AvgIpc) is 3.47. The zero-order valence-corrected chi connectivity index (χ0v) is 27.3. The summed E-state index contributed by atoms with van der Waals surface area (Å²) >= 11 is 0. The number of hydrogen-bond donors (Lipinski definition) is 2. The van der Waals surface area contributed by atoms with Gasteiger partial charge in [0.2, 0.25) is 0 Å². The molecule has 256 valence electrons. The molecular weight excluding hydrogens is 628 g/mol. The van der Waals surface area contributed by atoms with Crippen molar-refractivity contribution in [2.24, 2.45) is 5.41 Å². The number of carboxylic acids is 1. The van der Waals surface area contributed by atoms with Crippen LogP contribution in [0.4, 0.5) is 23.2 Å². The van der Waals surface area contributed by atoms with Crippen molar-refractivity contribution < 1.29 is 32.2 Å². The van der Waals surface area contributed by atoms with Crippen molar-refractivity contribution in [1.82, 2.24) is 24.8 Å². The van der Waals surface area contributed by atoms with Crippen LogP contribution in [0.3, 0.4) is 0 Å². The summed E-state index contributed by atoms with van der Waals surface area (Å²) in [4.78, 5) is 30.2. The number of benzene rings is 2. The number of aromatic nitrogens is 3. The average molecular weight is 669 g/mol. The molecule has 1 saturated carbocycles. The van der Waals surface area contributed by atoms with Gasteiger partial charge in [0.25, 0.3) is 0 Å². The number of anilines is 1. The van der Waals surface area contributed by atoms with Gasteiger partial charge < -0.3 is 19.7 Å². The molecule has 1 aliphatic carbocycles. The molecule has 13 heteroatoms. The Kier molecular flexibility index (Phi) is 9.47. The Balaban J connectivity index is 1.32. The first-order chi connectivity index (χ1) is 22.8. The molecule has 2 aromatic heterocycles. The fraction of sp³-hybridized carbons (Fsp3) is 0.457. The third-order valence-corrected chi connectivity index (χ3v) is 9.79. The lowest BCUT2D eigenvalue weighted by Crippen LogP contribution is -2.48. The van der Waals surface area contributed by atoms with E-state index in [4.69, 9.17) is 14.8 Å². The molecule has 2 aromatic carbocycles. The number of aromatic amines is 1. The summed E-state index contributed by atoms with van der Waals surface area (Å²) in [5.74, 6) is -1.26. The molecular formula is C35H40F4N6O3. The molecule has 4 aromatic rings. The first-order valence-electron chi connectivity index (χ1n) is 16.1. The SMILES string of the molecule is COCC1(CN(C)c2cc(-c3cc(F)cc(C(F)(F)F)c3)nc3nc(-c4ccc(C(C)N5CCN(CC(=O)O)CC5)cc4)[nH]c23)CCC1. The molecule has 2 aliphatic rings. The van der Waals surface area contributed by atoms with Gasteiger partial charge in [-0.3, -0.25) is 14.6 Å². The number of halogens is 4. The van der Waals surface area contributed by atoms with Crippen LogP contribution in [-0.2, 0) is 15.7 Å². The second-order valence-corrected chi connectivity index (χ2v) is 13.2. The number of carbonyl (C=O) groups is 1. The molecule has 48 heavy (non-hydrogen) atoms. The van der Waals surface area contributed by atoms with E-state index in [0.717, 1.165) is 55.6 Å². The summed E-state index contributed by atoms with van der Waals surface area (Å²) in [5.41, 5.74) is 2.64. The lowest BCUT2D eigenvalue weighted by Gasteiger charge is -2.44. The van der Waals surface area contributed by atoms with Crippen molar-refractivity contribution in [3.63, 3.8) is 0 Å². The third kappa shape index (κ3) is 7.18. The van der Waals surface area contributed by atoms with Crippen molar-refractivity contribution in [1.29, 1.82) is 0 Å². The molecule has 2 N–H and O–H groups in total. The lowest BCUT2D eigenvalue weighted by molar-refractivity contribution is -0.139. The van der Waals surface area contributed by atoms with Crippen molar-refractivity contribution in [2.45, 2.75) is 38.4 Å². The predicted molar refractivity (Wildman–Crippen MR) is 175 cm³/mol. The van der Waals surface area contributed by atoms with E-state index < -0.39 is 23.5 Å². The fourth-order valence-corrected chi connectivity index (χ4v) is 7.01. The van der Waals surface area contributed by atoms with E-state index in [0.29, 0.717) is 55.0 Å². The maximum Gasteiger partial charge on any atom is 0.416 e. The molecule has 1 saturated heterocycles. The Hall–Kier alpha value is -4.07. The van der Waals surface area contributed by atoms with Crippen LogP contribution >= 0.6 is 0 Å². The number of imidazole rings is 1. The molecule has 1 unspecified atom stereocenters. The molecule has 3 heterocycles. The van der Waals surface area contributed by atoms with Gasteiger partial charge in [0.05, 0.1) is 30.1 Å². The van der Waals surface area contributed by atoms with E-state index in [1.54, 1.807) is 13.2 Å². The number of piperazine rings is 1. The molecule has 6 rings (SSSR count). The van der Waals surface area contributed by atoms with Crippen molar-refractivity contribution >= 4 is 22.8 Å². The second-order valence-electron chi connectivity index (χ2n) is 13.2. The highest BCUT2D eigenvalue weighted by Gasteiger charge is 2.38. The zero-order chi connectivity index (χ0) is 34.2. The van der Waals surface area contributed by atoms with Crippen LogP contribution in [0.15, 0.2) is 48.5 Å². The number of nitrogens with zero attached hydrogens (tertiary/aromatic N) is 5. The summed E-state index contributed by atoms with van der Waals surface area (Å²) in [6, 6.07) is 12.3. The molecule has 0 amide bonds. The number of fused-ring (bicyclic) bond motifs is 1. The monoisotopic (exact) mass is 668 g/mol. The molecule has 9 nitrogen and oxygen atoms in total. The Morgan fingerprint density at radius 2 is 1.77 bits per heavy atom. The third-order valence-electron chi connectivity index (χ3n) is 9.79. The van der Waals surface area contributed by atoms with Gasteiger partial charge in [-0.25, -0.2) is 14.4 Å². The van der Waals surface area contributed by atoms with E-state index in [9.17, 15) is 22.4 Å². The van der Waals surface area contributed by atoms with E-state index >= 15 is 0 Å². The number of pyridine rings is 1. The first-order valence-corrected chi connectivity index (χ1v) is 16.1. The summed E-state index contributed by atoms with van der Waals surface area (Å²) < 4.78 is 60.8. The van der Waals surface area contributed by atoms with Crippen molar-refractivity contribution in [2.75, 3.05) is 64.9 Å². The van der Waals surface area contributed by atoms with E-state index in [-0.39, 0.29) is 29.3 Å². The first kappa shape index (κ1) is 33.8. The lowest BCUT2D eigenvalue weighted by atomic mass is 9.69. The standard InChI is InChI=1S/C35H40F4N6O3/c1-22(45-13-11-44(12-14-45)19-30(46)47)23-5-7-24(8-6-23)32-41-31-29(43(2)20-34(21-48-3)9-4-10-34)18-28(40-33(31)42-32)25-15-26(35(37,38)39)17-27(36)16-25/h5-8,15-18,22H,4,9-14,19-21H2,1-3H3,(H,46,47)(H,40,41,42). The van der Waals surface area contributed by atoms with Gasteiger partial charge in [-0.2, -0.15) is 13.2 Å². The maximum atomic E-state index is 14.5. The number of aliphatic carboxylic acids is 1. The second kappa shape index (κ2) is 13.4. The minimum absolute atomic E-state index is 0.0146. The summed E-state index contributed by atoms with van der Waals surface area (Å²) in [5, 5.41) is 9.09. The number of alkyl halides is 3. The van der Waals surface area contributed by atoms with Crippen LogP contribution < -0.4 is 4.90 Å². The highest BCUT2D eigenvalue weighted by atomic mass is 19.4. The Labute approximate surface area is 276 Å². The number of nitrogens with one attached hydrogen (secondary N) is 1. The molecule has 0 spiro atoms. The molecule has 0 radical (unpaired) electrons. The number of rotatable bonds is 11. The number of methoxy groups -OCH3 is 1. The molecule has 0 bridgehead atoms. The summed E-state index contributed by atoms with van der Waals surface area (Å²) in [6.45, 7) is 6.35. The van der Waals surface area contributed by atoms with Gasteiger partial charge in [0.15, 0.2) is 5.65 Å². The van der Waals surface area contributed by atoms with Gasteiger partial charge in [-0.1, -0.05) is 30.7 Å². The van der Waals surface area contributed by atoms with Gasteiger partial charge in [-0.15, -0.1) is 0 Å². The minimum Gasteiger partial charge on any atom is -0.480 e. The van der Waals surface area contributed by atoms with Gasteiger partial charge in [0.1, 0.15) is 17.2 Å².